The Morgan fingerprint density at radius 2 is 1.87 bits per heavy atom. The van der Waals surface area contributed by atoms with Gasteiger partial charge in [-0.3, -0.25) is 14.3 Å². The van der Waals surface area contributed by atoms with Crippen LogP contribution in [0.2, 0.25) is 0 Å². The zero-order valence-corrected chi connectivity index (χ0v) is 19.2. The van der Waals surface area contributed by atoms with Gasteiger partial charge in [-0.15, -0.1) is 10.2 Å². The van der Waals surface area contributed by atoms with Gasteiger partial charge in [-0.05, 0) is 43.9 Å². The maximum Gasteiger partial charge on any atom is 0.233 e. The molecule has 1 aliphatic heterocycles. The zero-order chi connectivity index (χ0) is 21.8. The second-order valence-electron chi connectivity index (χ2n) is 8.18. The number of piperazine rings is 1. The highest BCUT2D eigenvalue weighted by atomic mass is 32.2. The van der Waals surface area contributed by atoms with Crippen LogP contribution >= 0.6 is 11.8 Å². The smallest absolute Gasteiger partial charge is 0.233 e. The summed E-state index contributed by atoms with van der Waals surface area (Å²) in [4.78, 5) is 16.9. The number of carbonyl (C=O) groups excluding carboxylic acids is 1. The van der Waals surface area contributed by atoms with Crippen molar-refractivity contribution >= 4 is 17.7 Å². The molecule has 0 saturated carbocycles. The molecule has 0 aliphatic carbocycles. The molecule has 0 bridgehead atoms. The summed E-state index contributed by atoms with van der Waals surface area (Å²) in [6.07, 6.45) is 0. The highest BCUT2D eigenvalue weighted by Gasteiger charge is 2.28. The number of nitrogens with zero attached hydrogens (tertiary/aromatic N) is 6. The summed E-state index contributed by atoms with van der Waals surface area (Å²) in [5, 5.41) is 18.7. The maximum atomic E-state index is 12.8. The number of aryl methyl sites for hydroxylation is 3. The van der Waals surface area contributed by atoms with Gasteiger partial charge in [0.2, 0.25) is 5.91 Å². The van der Waals surface area contributed by atoms with Crippen LogP contribution in [0.1, 0.15) is 30.8 Å². The van der Waals surface area contributed by atoms with E-state index in [0.29, 0.717) is 18.8 Å². The van der Waals surface area contributed by atoms with E-state index in [0.717, 1.165) is 35.3 Å². The third-order valence-corrected chi connectivity index (χ3v) is 6.46. The van der Waals surface area contributed by atoms with Gasteiger partial charge in [0.15, 0.2) is 5.16 Å². The molecule has 3 rings (SSSR count). The predicted octanol–water partition coefficient (Wildman–Crippen LogP) is 2.98. The summed E-state index contributed by atoms with van der Waals surface area (Å²) in [6, 6.07) is 8.61. The van der Waals surface area contributed by atoms with E-state index in [1.807, 2.05) is 16.4 Å². The molecule has 1 aromatic heterocycles. The molecule has 1 atom stereocenters. The number of carbonyl (C=O) groups is 1. The van der Waals surface area contributed by atoms with Gasteiger partial charge in [0.25, 0.3) is 0 Å². The van der Waals surface area contributed by atoms with Crippen molar-refractivity contribution in [1.29, 1.82) is 5.26 Å². The minimum atomic E-state index is -0.0873. The third kappa shape index (κ3) is 4.85. The minimum Gasteiger partial charge on any atom is -0.339 e. The summed E-state index contributed by atoms with van der Waals surface area (Å²) < 4.78 is 2.03. The number of thioether (sulfide) groups is 1. The SMILES string of the molecule is Cc1ccc(C)c(-n2c(C)nnc2SCC(=O)N2CCN(C(C#N)C(C)C)CC2)c1. The average Bonchev–Trinajstić information content (AvgIpc) is 3.09. The van der Waals surface area contributed by atoms with Gasteiger partial charge in [0.1, 0.15) is 11.9 Å². The third-order valence-electron chi connectivity index (χ3n) is 5.55. The molecular formula is C22H30N6OS. The fourth-order valence-corrected chi connectivity index (χ4v) is 4.69. The first-order chi connectivity index (χ1) is 14.3. The summed E-state index contributed by atoms with van der Waals surface area (Å²) >= 11 is 1.43. The Kier molecular flexibility index (Phi) is 7.16. The monoisotopic (exact) mass is 426 g/mol. The lowest BCUT2D eigenvalue weighted by atomic mass is 10.0. The van der Waals surface area contributed by atoms with Gasteiger partial charge in [-0.2, -0.15) is 5.26 Å². The van der Waals surface area contributed by atoms with Crippen LogP contribution in [0.25, 0.3) is 5.69 Å². The Balaban J connectivity index is 1.63. The van der Waals surface area contributed by atoms with Crippen LogP contribution in [0.5, 0.6) is 0 Å². The molecule has 30 heavy (non-hydrogen) atoms. The van der Waals surface area contributed by atoms with Crippen LogP contribution in [0.3, 0.4) is 0 Å². The van der Waals surface area contributed by atoms with E-state index in [4.69, 9.17) is 0 Å². The molecular weight excluding hydrogens is 396 g/mol. The van der Waals surface area contributed by atoms with E-state index in [1.165, 1.54) is 17.3 Å². The molecule has 1 fully saturated rings. The molecule has 0 N–H and O–H groups in total. The van der Waals surface area contributed by atoms with Gasteiger partial charge in [0.05, 0.1) is 17.5 Å². The zero-order valence-electron chi connectivity index (χ0n) is 18.4. The molecule has 1 saturated heterocycles. The summed E-state index contributed by atoms with van der Waals surface area (Å²) in [6.45, 7) is 13.0. The van der Waals surface area contributed by atoms with Crippen LogP contribution in [0.15, 0.2) is 23.4 Å². The number of hydrogen-bond donors (Lipinski definition) is 0. The molecule has 1 aliphatic rings. The van der Waals surface area contributed by atoms with Crippen LogP contribution in [0.4, 0.5) is 0 Å². The van der Waals surface area contributed by atoms with E-state index in [1.54, 1.807) is 0 Å². The van der Waals surface area contributed by atoms with Crippen molar-refractivity contribution in [2.45, 2.75) is 45.8 Å². The van der Waals surface area contributed by atoms with E-state index in [-0.39, 0.29) is 17.9 Å². The fourth-order valence-electron chi connectivity index (χ4n) is 3.79. The number of rotatable bonds is 6. The fraction of sp³-hybridized carbons (Fsp3) is 0.545. The van der Waals surface area contributed by atoms with Crippen LogP contribution in [-0.2, 0) is 4.79 Å². The van der Waals surface area contributed by atoms with Crippen molar-refractivity contribution < 1.29 is 4.79 Å². The van der Waals surface area contributed by atoms with E-state index in [2.05, 4.69) is 67.1 Å². The Bertz CT molecular complexity index is 940. The van der Waals surface area contributed by atoms with Gasteiger partial charge >= 0.3 is 0 Å². The summed E-state index contributed by atoms with van der Waals surface area (Å²) in [5.74, 6) is 1.52. The second kappa shape index (κ2) is 9.63. The predicted molar refractivity (Wildman–Crippen MR) is 119 cm³/mol. The van der Waals surface area contributed by atoms with Crippen molar-refractivity contribution in [2.24, 2.45) is 5.92 Å². The molecule has 2 aromatic rings. The second-order valence-corrected chi connectivity index (χ2v) is 9.12. The normalized spacial score (nSPS) is 16.0. The molecule has 1 aromatic carbocycles. The van der Waals surface area contributed by atoms with Crippen LogP contribution < -0.4 is 0 Å². The van der Waals surface area contributed by atoms with Gasteiger partial charge in [-0.1, -0.05) is 37.7 Å². The molecule has 0 radical (unpaired) electrons. The standard InChI is InChI=1S/C22H30N6OS/c1-15(2)20(13-23)26-8-10-27(11-9-26)21(29)14-30-22-25-24-18(5)28(22)19-12-16(3)6-7-17(19)4/h6-7,12,15,20H,8-11,14H2,1-5H3. The van der Waals surface area contributed by atoms with Gasteiger partial charge in [-0.25, -0.2) is 0 Å². The first-order valence-electron chi connectivity index (χ1n) is 10.4. The Morgan fingerprint density at radius 1 is 1.17 bits per heavy atom. The molecule has 160 valence electrons. The first-order valence-corrected chi connectivity index (χ1v) is 11.3. The van der Waals surface area contributed by atoms with Crippen LogP contribution in [0, 0.1) is 38.0 Å². The van der Waals surface area contributed by atoms with E-state index in [9.17, 15) is 10.1 Å². The summed E-state index contributed by atoms with van der Waals surface area (Å²) in [7, 11) is 0. The highest BCUT2D eigenvalue weighted by Crippen LogP contribution is 2.25. The Morgan fingerprint density at radius 3 is 2.50 bits per heavy atom. The number of aromatic nitrogens is 3. The minimum absolute atomic E-state index is 0.0873. The lowest BCUT2D eigenvalue weighted by Gasteiger charge is -2.38. The van der Waals surface area contributed by atoms with Gasteiger partial charge in [0, 0.05) is 26.2 Å². The first kappa shape index (κ1) is 22.3. The van der Waals surface area contributed by atoms with Crippen molar-refractivity contribution in [3.8, 4) is 11.8 Å². The number of nitriles is 1. The number of benzene rings is 1. The largest absolute Gasteiger partial charge is 0.339 e. The molecule has 1 amide bonds. The van der Waals surface area contributed by atoms with E-state index >= 15 is 0 Å². The van der Waals surface area contributed by atoms with Crippen molar-refractivity contribution in [1.82, 2.24) is 24.6 Å². The van der Waals surface area contributed by atoms with Crippen LogP contribution in [-0.4, -0.2) is 68.4 Å². The van der Waals surface area contributed by atoms with Crippen molar-refractivity contribution in [3.63, 3.8) is 0 Å². The quantitative estimate of drug-likeness (QED) is 0.661. The van der Waals surface area contributed by atoms with Crippen molar-refractivity contribution in [2.75, 3.05) is 31.9 Å². The molecule has 8 heteroatoms. The molecule has 0 spiro atoms. The number of hydrogen-bond acceptors (Lipinski definition) is 6. The maximum absolute atomic E-state index is 12.8. The highest BCUT2D eigenvalue weighted by molar-refractivity contribution is 7.99. The van der Waals surface area contributed by atoms with E-state index < -0.39 is 0 Å². The average molecular weight is 427 g/mol. The molecule has 2 heterocycles. The molecule has 1 unspecified atom stereocenters. The topological polar surface area (TPSA) is 78.1 Å². The molecule has 7 nitrogen and oxygen atoms in total. The Labute approximate surface area is 183 Å². The lowest BCUT2D eigenvalue weighted by molar-refractivity contribution is -0.130. The lowest BCUT2D eigenvalue weighted by Crippen LogP contribution is -2.53. The van der Waals surface area contributed by atoms with Gasteiger partial charge < -0.3 is 4.90 Å². The summed E-state index contributed by atoms with van der Waals surface area (Å²) in [5.41, 5.74) is 3.37. The van der Waals surface area contributed by atoms with Crippen molar-refractivity contribution in [3.05, 3.63) is 35.2 Å². The Hall–Kier alpha value is -2.37. The number of amides is 1.